The van der Waals surface area contributed by atoms with Crippen molar-refractivity contribution in [3.63, 3.8) is 0 Å². The normalized spacial score (nSPS) is 16.1. The molecule has 3 heterocycles. The molecule has 3 aromatic carbocycles. The first-order chi connectivity index (χ1) is 27.8. The third-order valence-corrected chi connectivity index (χ3v) is 11.2. The maximum absolute atomic E-state index is 14.1. The smallest absolute Gasteiger partial charge is 0.273 e. The van der Waals surface area contributed by atoms with Gasteiger partial charge in [-0.25, -0.2) is 4.90 Å². The number of carbonyl (C=O) groups is 5. The number of ether oxygens (including phenoxy) is 6. The second-order valence-corrected chi connectivity index (χ2v) is 15.2. The van der Waals surface area contributed by atoms with Gasteiger partial charge in [0.15, 0.2) is 5.78 Å². The molecule has 2 saturated heterocycles. The van der Waals surface area contributed by atoms with Crippen LogP contribution in [-0.4, -0.2) is 138 Å². The Kier molecular flexibility index (Phi) is 15.7. The van der Waals surface area contributed by atoms with Crippen LogP contribution in [0, 0.1) is 0 Å². The lowest BCUT2D eigenvalue weighted by Gasteiger charge is -2.26. The highest BCUT2D eigenvalue weighted by Crippen LogP contribution is 2.44. The molecule has 2 fully saturated rings. The van der Waals surface area contributed by atoms with Gasteiger partial charge in [0.2, 0.25) is 0 Å². The van der Waals surface area contributed by atoms with Gasteiger partial charge in [0.25, 0.3) is 23.6 Å². The molecule has 0 radical (unpaired) electrons. The molecule has 0 spiro atoms. The Morgan fingerprint density at radius 3 is 1.44 bits per heavy atom. The van der Waals surface area contributed by atoms with Gasteiger partial charge in [0.1, 0.15) is 19.0 Å². The van der Waals surface area contributed by atoms with E-state index in [1.54, 1.807) is 82.6 Å². The van der Waals surface area contributed by atoms with Crippen molar-refractivity contribution in [1.82, 2.24) is 9.80 Å². The predicted molar refractivity (Wildman–Crippen MR) is 213 cm³/mol. The summed E-state index contributed by atoms with van der Waals surface area (Å²) in [4.78, 5) is 71.7. The summed E-state index contributed by atoms with van der Waals surface area (Å²) in [5, 5.41) is 0. The first-order valence-corrected chi connectivity index (χ1v) is 20.3. The number of anilines is 1. The summed E-state index contributed by atoms with van der Waals surface area (Å²) in [5.74, 6) is -0.628. The van der Waals surface area contributed by atoms with Crippen LogP contribution >= 0.6 is 23.5 Å². The maximum Gasteiger partial charge on any atom is 0.273 e. The number of imide groups is 1. The lowest BCUT2D eigenvalue weighted by molar-refractivity contribution is -0.122. The molecule has 4 amide bonds. The van der Waals surface area contributed by atoms with Crippen LogP contribution in [0.1, 0.15) is 27.6 Å². The number of amides is 4. The predicted octanol–water partition coefficient (Wildman–Crippen LogP) is 4.32. The number of nitrogens with zero attached hydrogens (tertiary/aromatic N) is 3. The maximum atomic E-state index is 14.1. The molecular weight excluding hydrogens is 775 g/mol. The number of morpholine rings is 2. The van der Waals surface area contributed by atoms with E-state index in [0.717, 1.165) is 28.4 Å². The Hall–Kier alpha value is -4.55. The van der Waals surface area contributed by atoms with Crippen LogP contribution in [0.4, 0.5) is 5.69 Å². The molecular formula is C41H45N3O11S2. The third-order valence-electron chi connectivity index (χ3n) is 8.88. The van der Waals surface area contributed by atoms with E-state index in [2.05, 4.69) is 0 Å². The number of rotatable bonds is 19. The highest BCUT2D eigenvalue weighted by Gasteiger charge is 2.40. The number of hydrogen-bond donors (Lipinski definition) is 0. The van der Waals surface area contributed by atoms with E-state index < -0.39 is 11.8 Å². The fourth-order valence-corrected chi connectivity index (χ4v) is 7.92. The quantitative estimate of drug-likeness (QED) is 0.125. The fourth-order valence-electron chi connectivity index (χ4n) is 5.93. The van der Waals surface area contributed by atoms with Gasteiger partial charge >= 0.3 is 0 Å². The van der Waals surface area contributed by atoms with E-state index in [9.17, 15) is 24.0 Å². The molecule has 0 aliphatic carbocycles. The lowest BCUT2D eigenvalue weighted by Crippen LogP contribution is -2.40. The summed E-state index contributed by atoms with van der Waals surface area (Å²) < 4.78 is 32.6. The van der Waals surface area contributed by atoms with Gasteiger partial charge in [-0.05, 0) is 79.7 Å². The van der Waals surface area contributed by atoms with Gasteiger partial charge < -0.3 is 38.2 Å². The number of thioether (sulfide) groups is 2. The SMILES string of the molecule is CC(=O)COCCOCCOCCOc1ccc(N2C(=O)C(Sc3ccc(C(=O)N4CCOCC4)cc3)=C(Sc3ccc(C(=O)N4CCOCC4)cc3)C2=O)cc1. The van der Waals surface area contributed by atoms with Crippen LogP contribution in [-0.2, 0) is 38.1 Å². The minimum absolute atomic E-state index is 0.0347. The highest BCUT2D eigenvalue weighted by molar-refractivity contribution is 8.08. The van der Waals surface area contributed by atoms with E-state index in [1.807, 2.05) is 0 Å². The summed E-state index contributed by atoms with van der Waals surface area (Å²) in [5.41, 5.74) is 1.43. The summed E-state index contributed by atoms with van der Waals surface area (Å²) in [6, 6.07) is 20.7. The second-order valence-electron chi connectivity index (χ2n) is 13.0. The number of carbonyl (C=O) groups excluding carboxylic acids is 5. The molecule has 0 saturated carbocycles. The number of Topliss-reactive ketones (excluding diaryl/α,β-unsaturated/α-hetero) is 1. The van der Waals surface area contributed by atoms with E-state index >= 15 is 0 Å². The van der Waals surface area contributed by atoms with Gasteiger partial charge in [-0.3, -0.25) is 24.0 Å². The summed E-state index contributed by atoms with van der Waals surface area (Å²) in [7, 11) is 0. The van der Waals surface area contributed by atoms with E-state index in [4.69, 9.17) is 28.4 Å². The molecule has 3 aliphatic rings. The summed E-state index contributed by atoms with van der Waals surface area (Å²) >= 11 is 2.33. The van der Waals surface area contributed by atoms with Crippen molar-refractivity contribution in [2.75, 3.05) is 104 Å². The number of hydrogen-bond acceptors (Lipinski definition) is 13. The van der Waals surface area contributed by atoms with Crippen molar-refractivity contribution >= 4 is 58.6 Å². The van der Waals surface area contributed by atoms with Crippen LogP contribution in [0.3, 0.4) is 0 Å². The van der Waals surface area contributed by atoms with Gasteiger partial charge in [-0.15, -0.1) is 0 Å². The van der Waals surface area contributed by atoms with Gasteiger partial charge in [-0.2, -0.15) is 0 Å². The van der Waals surface area contributed by atoms with Crippen LogP contribution in [0.5, 0.6) is 5.75 Å². The Morgan fingerprint density at radius 1 is 0.579 bits per heavy atom. The van der Waals surface area contributed by atoms with Crippen LogP contribution in [0.15, 0.2) is 92.4 Å². The molecule has 0 N–H and O–H groups in total. The Labute approximate surface area is 339 Å². The largest absolute Gasteiger partial charge is 0.491 e. The first-order valence-electron chi connectivity index (χ1n) is 18.7. The minimum atomic E-state index is -0.477. The number of benzene rings is 3. The van der Waals surface area contributed by atoms with Crippen molar-refractivity contribution in [2.24, 2.45) is 0 Å². The fraction of sp³-hybridized carbons (Fsp3) is 0.390. The van der Waals surface area contributed by atoms with Crippen molar-refractivity contribution in [2.45, 2.75) is 16.7 Å². The highest BCUT2D eigenvalue weighted by atomic mass is 32.2. The molecule has 57 heavy (non-hydrogen) atoms. The van der Waals surface area contributed by atoms with Crippen molar-refractivity contribution in [3.05, 3.63) is 93.7 Å². The second kappa shape index (κ2) is 21.3. The van der Waals surface area contributed by atoms with E-state index in [1.165, 1.54) is 6.92 Å². The van der Waals surface area contributed by atoms with E-state index in [0.29, 0.717) is 118 Å². The molecule has 3 aliphatic heterocycles. The summed E-state index contributed by atoms with van der Waals surface area (Å²) in [6.07, 6.45) is 0. The Balaban J connectivity index is 1.10. The lowest BCUT2D eigenvalue weighted by atomic mass is 10.2. The molecule has 0 atom stereocenters. The average Bonchev–Trinajstić information content (AvgIpc) is 3.47. The Bertz CT molecular complexity index is 1800. The average molecular weight is 820 g/mol. The standard InChI is InChI=1S/C41H45N3O11S2/c1-29(45)28-54-25-24-52-22-23-53-26-27-55-33-8-6-32(7-9-33)44-40(48)36(56-34-10-2-30(3-11-34)38(46)42-14-18-50-19-15-42)37(41(44)49)57-35-12-4-31(5-13-35)39(47)43-16-20-51-21-17-43/h2-13H,14-28H2,1H3. The Morgan fingerprint density at radius 2 is 1.00 bits per heavy atom. The topological polar surface area (TPSA) is 150 Å². The van der Waals surface area contributed by atoms with Gasteiger partial charge in [0.05, 0.1) is 75.0 Å². The molecule has 16 heteroatoms. The molecule has 302 valence electrons. The minimum Gasteiger partial charge on any atom is -0.491 e. The molecule has 14 nitrogen and oxygen atoms in total. The molecule has 3 aromatic rings. The molecule has 0 unspecified atom stereocenters. The van der Waals surface area contributed by atoms with Crippen LogP contribution in [0.2, 0.25) is 0 Å². The molecule has 6 rings (SSSR count). The van der Waals surface area contributed by atoms with Gasteiger partial charge in [0, 0.05) is 47.1 Å². The zero-order valence-corrected chi connectivity index (χ0v) is 33.3. The molecule has 0 aromatic heterocycles. The van der Waals surface area contributed by atoms with Crippen LogP contribution < -0.4 is 9.64 Å². The third kappa shape index (κ3) is 11.8. The zero-order valence-electron chi connectivity index (χ0n) is 31.7. The van der Waals surface area contributed by atoms with Crippen molar-refractivity contribution < 1.29 is 52.4 Å². The number of ketones is 1. The first kappa shape index (κ1) is 42.1. The zero-order chi connectivity index (χ0) is 40.0. The van der Waals surface area contributed by atoms with Crippen molar-refractivity contribution in [3.8, 4) is 5.75 Å². The molecule has 0 bridgehead atoms. The van der Waals surface area contributed by atoms with Gasteiger partial charge in [-0.1, -0.05) is 23.5 Å². The van der Waals surface area contributed by atoms with E-state index in [-0.39, 0.29) is 40.6 Å². The summed E-state index contributed by atoms with van der Waals surface area (Å²) in [6.45, 7) is 7.69. The van der Waals surface area contributed by atoms with Crippen LogP contribution in [0.25, 0.3) is 0 Å². The monoisotopic (exact) mass is 819 g/mol. The van der Waals surface area contributed by atoms with Crippen molar-refractivity contribution in [1.29, 1.82) is 0 Å².